The molecule has 1 aromatic rings. The van der Waals surface area contributed by atoms with Gasteiger partial charge in [0.1, 0.15) is 5.75 Å². The number of ether oxygens (including phenoxy) is 1. The highest BCUT2D eigenvalue weighted by atomic mass is 16.5. The largest absolute Gasteiger partial charge is 0.493 e. The highest BCUT2D eigenvalue weighted by molar-refractivity contribution is 5.98. The van der Waals surface area contributed by atoms with Crippen LogP contribution in [0.25, 0.3) is 0 Å². The maximum Gasteiger partial charge on any atom is 0.273 e. The number of benzene rings is 1. The van der Waals surface area contributed by atoms with Crippen molar-refractivity contribution in [2.75, 3.05) is 6.61 Å². The number of rotatable bonds is 5. The van der Waals surface area contributed by atoms with Crippen molar-refractivity contribution in [1.82, 2.24) is 10.9 Å². The molecule has 5 nitrogen and oxygen atoms in total. The van der Waals surface area contributed by atoms with Crippen LogP contribution < -0.4 is 15.6 Å². The molecule has 2 amide bonds. The minimum Gasteiger partial charge on any atom is -0.493 e. The minimum absolute atomic E-state index is 0.0619. The summed E-state index contributed by atoms with van der Waals surface area (Å²) in [4.78, 5) is 23.4. The van der Waals surface area contributed by atoms with Gasteiger partial charge in [0.2, 0.25) is 5.91 Å². The lowest BCUT2D eigenvalue weighted by atomic mass is 10.2. The Morgan fingerprint density at radius 3 is 2.68 bits per heavy atom. The summed E-state index contributed by atoms with van der Waals surface area (Å²) in [7, 11) is 0. The van der Waals surface area contributed by atoms with Gasteiger partial charge in [0, 0.05) is 5.92 Å². The van der Waals surface area contributed by atoms with Crippen LogP contribution in [0.1, 0.15) is 36.5 Å². The molecule has 1 aromatic carbocycles. The first-order chi connectivity index (χ1) is 9.22. The standard InChI is InChI=1S/C14H18N2O3/c1-2-9-19-12-6-4-3-5-11(12)14(18)16-15-13(17)10-7-8-10/h3-6,10H,2,7-9H2,1H3,(H,15,17)(H,16,18). The monoisotopic (exact) mass is 262 g/mol. The summed E-state index contributed by atoms with van der Waals surface area (Å²) >= 11 is 0. The molecule has 0 radical (unpaired) electrons. The van der Waals surface area contributed by atoms with E-state index < -0.39 is 0 Å². The molecule has 2 rings (SSSR count). The van der Waals surface area contributed by atoms with Gasteiger partial charge in [-0.3, -0.25) is 20.4 Å². The summed E-state index contributed by atoms with van der Waals surface area (Å²) in [6.45, 7) is 2.55. The average molecular weight is 262 g/mol. The molecule has 0 heterocycles. The number of amides is 2. The summed E-state index contributed by atoms with van der Waals surface area (Å²) < 4.78 is 5.50. The first kappa shape index (κ1) is 13.4. The molecule has 1 saturated carbocycles. The number of carbonyl (C=O) groups is 2. The van der Waals surface area contributed by atoms with Gasteiger partial charge in [-0.25, -0.2) is 0 Å². The van der Waals surface area contributed by atoms with E-state index in [-0.39, 0.29) is 17.7 Å². The molecule has 0 aliphatic heterocycles. The Morgan fingerprint density at radius 2 is 2.00 bits per heavy atom. The third-order valence-corrected chi connectivity index (χ3v) is 2.84. The normalized spacial score (nSPS) is 13.7. The van der Waals surface area contributed by atoms with Gasteiger partial charge in [0.05, 0.1) is 12.2 Å². The van der Waals surface area contributed by atoms with Crippen LogP contribution in [0.3, 0.4) is 0 Å². The van der Waals surface area contributed by atoms with Crippen LogP contribution in [0.2, 0.25) is 0 Å². The van der Waals surface area contributed by atoms with Gasteiger partial charge in [-0.1, -0.05) is 19.1 Å². The second-order valence-electron chi connectivity index (χ2n) is 4.56. The van der Waals surface area contributed by atoms with Crippen LogP contribution in [0, 0.1) is 5.92 Å². The molecule has 1 aliphatic rings. The quantitative estimate of drug-likeness (QED) is 0.793. The number of hydrogen-bond donors (Lipinski definition) is 2. The van der Waals surface area contributed by atoms with Crippen molar-refractivity contribution < 1.29 is 14.3 Å². The van der Waals surface area contributed by atoms with E-state index in [0.29, 0.717) is 17.9 Å². The van der Waals surface area contributed by atoms with Crippen molar-refractivity contribution in [3.05, 3.63) is 29.8 Å². The van der Waals surface area contributed by atoms with Gasteiger partial charge in [-0.15, -0.1) is 0 Å². The maximum absolute atomic E-state index is 12.0. The predicted octanol–water partition coefficient (Wildman–Crippen LogP) is 1.65. The second-order valence-corrected chi connectivity index (χ2v) is 4.56. The molecular formula is C14H18N2O3. The predicted molar refractivity (Wildman–Crippen MR) is 70.6 cm³/mol. The Balaban J connectivity index is 1.95. The fourth-order valence-corrected chi connectivity index (χ4v) is 1.63. The molecular weight excluding hydrogens is 244 g/mol. The van der Waals surface area contributed by atoms with Crippen LogP contribution >= 0.6 is 0 Å². The Hall–Kier alpha value is -2.04. The lowest BCUT2D eigenvalue weighted by molar-refractivity contribution is -0.123. The van der Waals surface area contributed by atoms with Crippen molar-refractivity contribution in [3.8, 4) is 5.75 Å². The van der Waals surface area contributed by atoms with Gasteiger partial charge in [0.15, 0.2) is 0 Å². The van der Waals surface area contributed by atoms with Crippen molar-refractivity contribution in [2.24, 2.45) is 5.92 Å². The van der Waals surface area contributed by atoms with Gasteiger partial charge in [0.25, 0.3) is 5.91 Å². The second kappa shape index (κ2) is 6.22. The Bertz CT molecular complexity index is 470. The van der Waals surface area contributed by atoms with E-state index in [1.165, 1.54) is 0 Å². The van der Waals surface area contributed by atoms with E-state index >= 15 is 0 Å². The molecule has 0 bridgehead atoms. The van der Waals surface area contributed by atoms with Crippen molar-refractivity contribution >= 4 is 11.8 Å². The smallest absolute Gasteiger partial charge is 0.273 e. The van der Waals surface area contributed by atoms with Crippen LogP contribution in [0.4, 0.5) is 0 Å². The molecule has 2 N–H and O–H groups in total. The Labute approximate surface area is 112 Å². The van der Waals surface area contributed by atoms with Crippen LogP contribution in [0.15, 0.2) is 24.3 Å². The lowest BCUT2D eigenvalue weighted by Gasteiger charge is -2.11. The molecule has 0 unspecified atom stereocenters. The zero-order valence-corrected chi connectivity index (χ0v) is 10.9. The summed E-state index contributed by atoms with van der Waals surface area (Å²) in [5.41, 5.74) is 5.27. The Morgan fingerprint density at radius 1 is 1.26 bits per heavy atom. The van der Waals surface area contributed by atoms with Crippen LogP contribution in [-0.2, 0) is 4.79 Å². The molecule has 1 fully saturated rings. The highest BCUT2D eigenvalue weighted by Gasteiger charge is 2.29. The fraction of sp³-hybridized carbons (Fsp3) is 0.429. The zero-order valence-electron chi connectivity index (χ0n) is 10.9. The van der Waals surface area contributed by atoms with E-state index in [1.54, 1.807) is 18.2 Å². The SMILES string of the molecule is CCCOc1ccccc1C(=O)NNC(=O)C1CC1. The molecule has 0 atom stereocenters. The van der Waals surface area contributed by atoms with Crippen molar-refractivity contribution in [3.63, 3.8) is 0 Å². The van der Waals surface area contributed by atoms with E-state index in [1.807, 2.05) is 13.0 Å². The van der Waals surface area contributed by atoms with Crippen molar-refractivity contribution in [2.45, 2.75) is 26.2 Å². The Kier molecular flexibility index (Phi) is 4.39. The zero-order chi connectivity index (χ0) is 13.7. The number of para-hydroxylation sites is 1. The topological polar surface area (TPSA) is 67.4 Å². The minimum atomic E-state index is -0.360. The van der Waals surface area contributed by atoms with Crippen LogP contribution in [0.5, 0.6) is 5.75 Å². The summed E-state index contributed by atoms with van der Waals surface area (Å²) in [6.07, 6.45) is 2.67. The van der Waals surface area contributed by atoms with E-state index in [0.717, 1.165) is 19.3 Å². The maximum atomic E-state index is 12.0. The van der Waals surface area contributed by atoms with Gasteiger partial charge >= 0.3 is 0 Å². The van der Waals surface area contributed by atoms with Crippen molar-refractivity contribution in [1.29, 1.82) is 0 Å². The molecule has 0 aromatic heterocycles. The van der Waals surface area contributed by atoms with Gasteiger partial charge < -0.3 is 4.74 Å². The highest BCUT2D eigenvalue weighted by Crippen LogP contribution is 2.28. The number of nitrogens with one attached hydrogen (secondary N) is 2. The van der Waals surface area contributed by atoms with E-state index in [2.05, 4.69) is 10.9 Å². The first-order valence-corrected chi connectivity index (χ1v) is 6.54. The number of hydrazine groups is 1. The lowest BCUT2D eigenvalue weighted by Crippen LogP contribution is -2.42. The summed E-state index contributed by atoms with van der Waals surface area (Å²) in [5.74, 6) is 0.107. The van der Waals surface area contributed by atoms with E-state index in [4.69, 9.17) is 4.74 Å². The van der Waals surface area contributed by atoms with Gasteiger partial charge in [-0.2, -0.15) is 0 Å². The number of carbonyl (C=O) groups excluding carboxylic acids is 2. The molecule has 1 aliphatic carbocycles. The van der Waals surface area contributed by atoms with Crippen LogP contribution in [-0.4, -0.2) is 18.4 Å². The summed E-state index contributed by atoms with van der Waals surface area (Å²) in [6, 6.07) is 6.98. The molecule has 0 saturated heterocycles. The first-order valence-electron chi connectivity index (χ1n) is 6.54. The number of hydrogen-bond acceptors (Lipinski definition) is 3. The van der Waals surface area contributed by atoms with Gasteiger partial charge in [-0.05, 0) is 31.4 Å². The third-order valence-electron chi connectivity index (χ3n) is 2.84. The average Bonchev–Trinajstić information content (AvgIpc) is 3.27. The fourth-order valence-electron chi connectivity index (χ4n) is 1.63. The summed E-state index contributed by atoms with van der Waals surface area (Å²) in [5, 5.41) is 0. The molecule has 5 heteroatoms. The van der Waals surface area contributed by atoms with E-state index in [9.17, 15) is 9.59 Å². The molecule has 19 heavy (non-hydrogen) atoms. The molecule has 0 spiro atoms. The molecule has 102 valence electrons. The third kappa shape index (κ3) is 3.71.